The molecule has 3 N–H and O–H groups in total. The Bertz CT molecular complexity index is 1460. The summed E-state index contributed by atoms with van der Waals surface area (Å²) in [6.07, 6.45) is 1.02. The van der Waals surface area contributed by atoms with Crippen LogP contribution >= 0.6 is 34.7 Å². The van der Waals surface area contributed by atoms with Gasteiger partial charge in [0, 0.05) is 39.4 Å². The normalized spacial score (nSPS) is 17.9. The van der Waals surface area contributed by atoms with Gasteiger partial charge in [-0.25, -0.2) is 4.98 Å². The molecule has 2 heterocycles. The molecule has 5 rings (SSSR count). The minimum Gasteiger partial charge on any atom is -0.491 e. The highest BCUT2D eigenvalue weighted by molar-refractivity contribution is 8.02. The number of thiazole rings is 1. The van der Waals surface area contributed by atoms with E-state index in [2.05, 4.69) is 11.4 Å². The maximum absolute atomic E-state index is 13.1. The highest BCUT2D eigenvalue weighted by Crippen LogP contribution is 2.44. The van der Waals surface area contributed by atoms with E-state index in [0.29, 0.717) is 34.1 Å². The van der Waals surface area contributed by atoms with Gasteiger partial charge in [0.2, 0.25) is 0 Å². The number of hydrogen-bond acceptors (Lipinski definition) is 9. The molecule has 2 aliphatic rings. The van der Waals surface area contributed by atoms with Crippen LogP contribution < -0.4 is 10.1 Å². The molecule has 0 amide bonds. The summed E-state index contributed by atoms with van der Waals surface area (Å²) in [6, 6.07) is 17.2. The SMILES string of the molecule is N#CC1=C(SCc2csc(-c3ccc(Cl)cc3)n2)NC2=C(C(=O)CCC2)C1c1ccc(OC[C@@H](O)CO)cc1. The molecule has 0 saturated heterocycles. The number of ketones is 1. The molecule has 0 spiro atoms. The number of benzene rings is 2. The van der Waals surface area contributed by atoms with E-state index >= 15 is 0 Å². The third-order valence-electron chi connectivity index (χ3n) is 6.54. The number of aromatic nitrogens is 1. The topological polar surface area (TPSA) is 115 Å². The minimum absolute atomic E-state index is 0.0303. The Morgan fingerprint density at radius 3 is 2.69 bits per heavy atom. The van der Waals surface area contributed by atoms with E-state index in [1.54, 1.807) is 23.5 Å². The lowest BCUT2D eigenvalue weighted by molar-refractivity contribution is -0.116. The molecule has 2 atom stereocenters. The van der Waals surface area contributed by atoms with Gasteiger partial charge in [0.05, 0.1) is 34.9 Å². The Morgan fingerprint density at radius 2 is 1.97 bits per heavy atom. The fraction of sp³-hybridized carbons (Fsp3) is 0.276. The van der Waals surface area contributed by atoms with E-state index < -0.39 is 12.0 Å². The molecule has 2 aromatic carbocycles. The maximum Gasteiger partial charge on any atom is 0.161 e. The molecule has 1 unspecified atom stereocenters. The molecule has 0 bridgehead atoms. The molecule has 0 saturated carbocycles. The minimum atomic E-state index is -0.964. The quantitative estimate of drug-likeness (QED) is 0.302. The first-order valence-corrected chi connectivity index (χ1v) is 14.7. The van der Waals surface area contributed by atoms with Crippen LogP contribution in [-0.2, 0) is 10.5 Å². The van der Waals surface area contributed by atoms with E-state index in [4.69, 9.17) is 26.4 Å². The molecule has 10 heteroatoms. The van der Waals surface area contributed by atoms with Crippen molar-refractivity contribution in [2.45, 2.75) is 37.0 Å². The van der Waals surface area contributed by atoms with Crippen molar-refractivity contribution in [2.75, 3.05) is 13.2 Å². The van der Waals surface area contributed by atoms with Crippen LogP contribution in [0.5, 0.6) is 5.75 Å². The van der Waals surface area contributed by atoms with Crippen LogP contribution in [0.25, 0.3) is 10.6 Å². The zero-order chi connectivity index (χ0) is 27.4. The second-order valence-corrected chi connectivity index (χ2v) is 11.5. The third kappa shape index (κ3) is 6.21. The van der Waals surface area contributed by atoms with Crippen LogP contribution in [0.1, 0.15) is 36.4 Å². The predicted molar refractivity (Wildman–Crippen MR) is 153 cm³/mol. The number of carbonyl (C=O) groups is 1. The first kappa shape index (κ1) is 27.4. The molecule has 0 radical (unpaired) electrons. The van der Waals surface area contributed by atoms with Crippen molar-refractivity contribution in [2.24, 2.45) is 0 Å². The number of allylic oxidation sites excluding steroid dienone is 3. The summed E-state index contributed by atoms with van der Waals surface area (Å²) in [6.45, 7) is -0.413. The summed E-state index contributed by atoms with van der Waals surface area (Å²) in [5.74, 6) is 0.685. The van der Waals surface area contributed by atoms with Crippen molar-refractivity contribution in [3.05, 3.63) is 92.1 Å². The standard InChI is InChI=1S/C29H26ClN3O4S2/c30-19-8-4-18(5-9-19)28-32-20(15-38-28)16-39-29-23(12-31)26(27-24(33-29)2-1-3-25(27)36)17-6-10-22(11-7-17)37-14-21(35)13-34/h4-11,15,21,26,33-35H,1-3,13-14,16H2/t21-,26?/m0/s1. The number of ether oxygens (including phenoxy) is 1. The van der Waals surface area contributed by atoms with Crippen molar-refractivity contribution in [3.63, 3.8) is 0 Å². The number of Topliss-reactive ketones (excluding diaryl/α,β-unsaturated/α-hetero) is 1. The van der Waals surface area contributed by atoms with Crippen LogP contribution in [0.3, 0.4) is 0 Å². The van der Waals surface area contributed by atoms with Crippen molar-refractivity contribution >= 4 is 40.5 Å². The smallest absolute Gasteiger partial charge is 0.161 e. The van der Waals surface area contributed by atoms with Gasteiger partial charge in [-0.2, -0.15) is 5.26 Å². The van der Waals surface area contributed by atoms with Gasteiger partial charge in [0.1, 0.15) is 23.5 Å². The largest absolute Gasteiger partial charge is 0.491 e. The zero-order valence-electron chi connectivity index (χ0n) is 20.9. The fourth-order valence-electron chi connectivity index (χ4n) is 4.62. The Balaban J connectivity index is 1.40. The van der Waals surface area contributed by atoms with Gasteiger partial charge in [-0.3, -0.25) is 4.79 Å². The van der Waals surface area contributed by atoms with Crippen molar-refractivity contribution in [3.8, 4) is 22.4 Å². The van der Waals surface area contributed by atoms with Gasteiger partial charge >= 0.3 is 0 Å². The summed E-state index contributed by atoms with van der Waals surface area (Å²) >= 11 is 9.09. The number of thioether (sulfide) groups is 1. The Labute approximate surface area is 239 Å². The second kappa shape index (κ2) is 12.4. The predicted octanol–water partition coefficient (Wildman–Crippen LogP) is 5.56. The zero-order valence-corrected chi connectivity index (χ0v) is 23.3. The van der Waals surface area contributed by atoms with Crippen molar-refractivity contribution in [1.82, 2.24) is 10.3 Å². The maximum atomic E-state index is 13.1. The lowest BCUT2D eigenvalue weighted by atomic mass is 9.77. The number of hydrogen-bond donors (Lipinski definition) is 3. The van der Waals surface area contributed by atoms with Gasteiger partial charge < -0.3 is 20.3 Å². The van der Waals surface area contributed by atoms with Gasteiger partial charge in [0.25, 0.3) is 0 Å². The number of nitrogens with one attached hydrogen (secondary N) is 1. The first-order valence-electron chi connectivity index (χ1n) is 12.5. The molecule has 7 nitrogen and oxygen atoms in total. The Kier molecular flexibility index (Phi) is 8.70. The summed E-state index contributed by atoms with van der Waals surface area (Å²) in [4.78, 5) is 17.8. The lowest BCUT2D eigenvalue weighted by Crippen LogP contribution is -2.31. The number of rotatable bonds is 9. The summed E-state index contributed by atoms with van der Waals surface area (Å²) in [5.41, 5.74) is 4.77. The summed E-state index contributed by atoms with van der Waals surface area (Å²) < 4.78 is 5.54. The lowest BCUT2D eigenvalue weighted by Gasteiger charge is -2.33. The molecule has 1 aliphatic carbocycles. The second-order valence-electron chi connectivity index (χ2n) is 9.24. The van der Waals surface area contributed by atoms with Crippen LogP contribution in [0.4, 0.5) is 0 Å². The molecule has 1 aromatic heterocycles. The first-order chi connectivity index (χ1) is 19.0. The molecule has 3 aromatic rings. The number of nitriles is 1. The monoisotopic (exact) mass is 579 g/mol. The van der Waals surface area contributed by atoms with Crippen LogP contribution in [0.2, 0.25) is 5.02 Å². The van der Waals surface area contributed by atoms with Crippen molar-refractivity contribution in [1.29, 1.82) is 5.26 Å². The number of aliphatic hydroxyl groups is 2. The fourth-order valence-corrected chi connectivity index (χ4v) is 6.63. The average Bonchev–Trinajstić information content (AvgIpc) is 3.44. The highest BCUT2D eigenvalue weighted by Gasteiger charge is 2.37. The molecule has 39 heavy (non-hydrogen) atoms. The van der Waals surface area contributed by atoms with Gasteiger partial charge in [-0.15, -0.1) is 23.1 Å². The molecule has 1 aliphatic heterocycles. The van der Waals surface area contributed by atoms with Crippen LogP contribution in [0.15, 0.2) is 75.8 Å². The van der Waals surface area contributed by atoms with Gasteiger partial charge in [-0.05, 0) is 42.7 Å². The van der Waals surface area contributed by atoms with Crippen LogP contribution in [0, 0.1) is 11.3 Å². The van der Waals surface area contributed by atoms with Crippen molar-refractivity contribution < 1.29 is 19.7 Å². The van der Waals surface area contributed by atoms with E-state index in [0.717, 1.165) is 45.4 Å². The Hall–Kier alpha value is -3.13. The van der Waals surface area contributed by atoms with Gasteiger partial charge in [-0.1, -0.05) is 35.9 Å². The summed E-state index contributed by atoms with van der Waals surface area (Å²) in [5, 5.41) is 36.6. The number of dihydropyridines is 1. The molecule has 200 valence electrons. The molecular formula is C29H26ClN3O4S2. The van der Waals surface area contributed by atoms with E-state index in [9.17, 15) is 15.2 Å². The van der Waals surface area contributed by atoms with Crippen LogP contribution in [-0.4, -0.2) is 40.3 Å². The Morgan fingerprint density at radius 1 is 1.21 bits per heavy atom. The van der Waals surface area contributed by atoms with E-state index in [1.165, 1.54) is 11.8 Å². The number of aliphatic hydroxyl groups excluding tert-OH is 2. The molecule has 0 fully saturated rings. The highest BCUT2D eigenvalue weighted by atomic mass is 35.5. The number of halogens is 1. The van der Waals surface area contributed by atoms with E-state index in [1.807, 2.05) is 41.8 Å². The molecular weight excluding hydrogens is 554 g/mol. The third-order valence-corrected chi connectivity index (χ3v) is 8.78. The summed E-state index contributed by atoms with van der Waals surface area (Å²) in [7, 11) is 0. The van der Waals surface area contributed by atoms with E-state index in [-0.39, 0.29) is 19.0 Å². The number of nitrogens with zero attached hydrogens (tertiary/aromatic N) is 2. The van der Waals surface area contributed by atoms with Gasteiger partial charge in [0.15, 0.2) is 5.78 Å². The average molecular weight is 580 g/mol. The number of carbonyl (C=O) groups excluding carboxylic acids is 1.